The Morgan fingerprint density at radius 1 is 1.30 bits per heavy atom. The van der Waals surface area contributed by atoms with E-state index in [0.29, 0.717) is 37.4 Å². The Morgan fingerprint density at radius 2 is 2.18 bits per heavy atom. The van der Waals surface area contributed by atoms with E-state index < -0.39 is 5.60 Å². The maximum absolute atomic E-state index is 13.1. The van der Waals surface area contributed by atoms with Crippen LogP contribution in [-0.4, -0.2) is 71.3 Å². The molecule has 1 fully saturated rings. The third kappa shape index (κ3) is 5.40. The summed E-state index contributed by atoms with van der Waals surface area (Å²) in [4.78, 5) is 25.5. The number of pyridine rings is 2. The number of carbonyl (C=O) groups is 1. The summed E-state index contributed by atoms with van der Waals surface area (Å²) in [5, 5.41) is 12.4. The number of β-amino-alcohol motifs (C(OH)–C–C–N with tert-alkyl or cyclic N) is 1. The molecule has 0 radical (unpaired) electrons. The minimum absolute atomic E-state index is 0.150. The molecule has 1 saturated heterocycles. The molecule has 1 amide bonds. The highest BCUT2D eigenvalue weighted by atomic mass is 16.5. The predicted octanol–water partition coefficient (Wildman–Crippen LogP) is 2.46. The van der Waals surface area contributed by atoms with E-state index in [9.17, 15) is 9.90 Å². The van der Waals surface area contributed by atoms with Crippen molar-refractivity contribution in [2.45, 2.75) is 24.9 Å². The van der Waals surface area contributed by atoms with E-state index in [1.807, 2.05) is 24.4 Å². The Bertz CT molecular complexity index is 1100. The summed E-state index contributed by atoms with van der Waals surface area (Å²) in [5.74, 6) is 0.492. The van der Waals surface area contributed by atoms with Gasteiger partial charge in [0.05, 0.1) is 24.3 Å². The number of aromatic nitrogens is 2. The molecule has 1 aliphatic rings. The van der Waals surface area contributed by atoms with Gasteiger partial charge in [-0.3, -0.25) is 14.8 Å². The highest BCUT2D eigenvalue weighted by Gasteiger charge is 2.36. The van der Waals surface area contributed by atoms with Crippen LogP contribution in [0.15, 0.2) is 55.0 Å². The van der Waals surface area contributed by atoms with E-state index in [4.69, 9.17) is 10.5 Å². The molecule has 0 bridgehead atoms. The molecule has 8 nitrogen and oxygen atoms in total. The smallest absolute Gasteiger partial charge is 0.253 e. The van der Waals surface area contributed by atoms with E-state index >= 15 is 0 Å². The van der Waals surface area contributed by atoms with Crippen molar-refractivity contribution in [1.82, 2.24) is 14.9 Å². The number of rotatable bonds is 8. The average molecular weight is 450 g/mol. The third-order valence-electron chi connectivity index (χ3n) is 5.99. The maximum atomic E-state index is 13.1. The number of likely N-dealkylation sites (N-methyl/N-ethyl adjacent to an activating group) is 1. The van der Waals surface area contributed by atoms with Crippen LogP contribution in [0.2, 0.25) is 0 Å². The van der Waals surface area contributed by atoms with Crippen LogP contribution in [0, 0.1) is 0 Å². The molecule has 1 atom stereocenters. The van der Waals surface area contributed by atoms with Gasteiger partial charge in [0.25, 0.3) is 5.91 Å². The van der Waals surface area contributed by atoms with Gasteiger partial charge in [-0.25, -0.2) is 0 Å². The second kappa shape index (κ2) is 10.1. The lowest BCUT2D eigenvalue weighted by molar-refractivity contribution is 0.0000628. The first kappa shape index (κ1) is 22.9. The molecule has 0 unspecified atom stereocenters. The molecule has 1 aromatic carbocycles. The first-order valence-electron chi connectivity index (χ1n) is 11.3. The third-order valence-corrected chi connectivity index (χ3v) is 5.99. The van der Waals surface area contributed by atoms with Crippen molar-refractivity contribution < 1.29 is 14.6 Å². The number of fused-ring (bicyclic) bond motifs is 1. The number of ether oxygens (including phenoxy) is 1. The van der Waals surface area contributed by atoms with Gasteiger partial charge in [-0.05, 0) is 56.1 Å². The van der Waals surface area contributed by atoms with Gasteiger partial charge < -0.3 is 25.4 Å². The highest BCUT2D eigenvalue weighted by Crippen LogP contribution is 2.31. The molecule has 8 heteroatoms. The molecular weight excluding hydrogens is 418 g/mol. The number of aliphatic hydroxyl groups is 1. The van der Waals surface area contributed by atoms with E-state index in [2.05, 4.69) is 14.9 Å². The summed E-state index contributed by atoms with van der Waals surface area (Å²) in [6, 6.07) is 11.0. The van der Waals surface area contributed by atoms with Crippen LogP contribution in [0.25, 0.3) is 10.9 Å². The number of anilines is 1. The maximum Gasteiger partial charge on any atom is 0.253 e. The monoisotopic (exact) mass is 449 g/mol. The number of nitrogens with zero attached hydrogens (tertiary/aromatic N) is 4. The summed E-state index contributed by atoms with van der Waals surface area (Å²) < 4.78 is 5.67. The molecule has 2 aromatic heterocycles. The van der Waals surface area contributed by atoms with Crippen LogP contribution >= 0.6 is 0 Å². The van der Waals surface area contributed by atoms with Gasteiger partial charge in [0.1, 0.15) is 5.75 Å². The Labute approximate surface area is 194 Å². The Morgan fingerprint density at radius 3 is 3.03 bits per heavy atom. The van der Waals surface area contributed by atoms with Crippen molar-refractivity contribution in [2.75, 3.05) is 44.7 Å². The molecular formula is C25H31N5O3. The van der Waals surface area contributed by atoms with Gasteiger partial charge in [0.2, 0.25) is 0 Å². The topological polar surface area (TPSA) is 105 Å². The van der Waals surface area contributed by atoms with E-state index in [1.54, 1.807) is 42.5 Å². The minimum Gasteiger partial charge on any atom is -0.494 e. The molecule has 0 spiro atoms. The van der Waals surface area contributed by atoms with Gasteiger partial charge in [0.15, 0.2) is 0 Å². The van der Waals surface area contributed by atoms with E-state index in [-0.39, 0.29) is 12.5 Å². The van der Waals surface area contributed by atoms with Gasteiger partial charge in [-0.2, -0.15) is 0 Å². The quantitative estimate of drug-likeness (QED) is 0.509. The fraction of sp³-hybridized carbons (Fsp3) is 0.400. The number of carbonyl (C=O) groups excluding carboxylic acids is 1. The molecule has 3 heterocycles. The lowest BCUT2D eigenvalue weighted by atomic mass is 9.91. The van der Waals surface area contributed by atoms with Crippen LogP contribution in [0.4, 0.5) is 5.69 Å². The normalized spacial score (nSPS) is 18.3. The lowest BCUT2D eigenvalue weighted by Crippen LogP contribution is -2.54. The second-order valence-electron chi connectivity index (χ2n) is 8.65. The summed E-state index contributed by atoms with van der Waals surface area (Å²) in [7, 11) is 1.73. The molecule has 0 aliphatic carbocycles. The van der Waals surface area contributed by atoms with Crippen molar-refractivity contribution >= 4 is 22.5 Å². The van der Waals surface area contributed by atoms with Gasteiger partial charge >= 0.3 is 0 Å². The number of amides is 1. The van der Waals surface area contributed by atoms with E-state index in [0.717, 1.165) is 36.0 Å². The Balaban J connectivity index is 1.45. The molecule has 3 aromatic rings. The molecule has 33 heavy (non-hydrogen) atoms. The largest absolute Gasteiger partial charge is 0.494 e. The number of nitrogens with two attached hydrogens (primary N) is 1. The zero-order valence-corrected chi connectivity index (χ0v) is 19.0. The predicted molar refractivity (Wildman–Crippen MR) is 129 cm³/mol. The summed E-state index contributed by atoms with van der Waals surface area (Å²) in [6.07, 6.45) is 7.53. The van der Waals surface area contributed by atoms with Crippen LogP contribution in [0.3, 0.4) is 0 Å². The van der Waals surface area contributed by atoms with Crippen molar-refractivity contribution in [3.05, 3.63) is 60.6 Å². The lowest BCUT2D eigenvalue weighted by Gasteiger charge is -2.42. The number of hydrogen-bond acceptors (Lipinski definition) is 7. The van der Waals surface area contributed by atoms with Gasteiger partial charge in [-0.1, -0.05) is 6.07 Å². The molecule has 1 aliphatic heterocycles. The summed E-state index contributed by atoms with van der Waals surface area (Å²) in [5.41, 5.74) is 6.90. The summed E-state index contributed by atoms with van der Waals surface area (Å²) >= 11 is 0. The molecule has 0 saturated carbocycles. The van der Waals surface area contributed by atoms with Crippen molar-refractivity contribution in [2.24, 2.45) is 5.73 Å². The Kier molecular flexibility index (Phi) is 7.05. The van der Waals surface area contributed by atoms with Crippen LogP contribution in [0.5, 0.6) is 5.75 Å². The van der Waals surface area contributed by atoms with Crippen molar-refractivity contribution in [3.63, 3.8) is 0 Å². The van der Waals surface area contributed by atoms with Gasteiger partial charge in [-0.15, -0.1) is 0 Å². The summed E-state index contributed by atoms with van der Waals surface area (Å²) in [6.45, 7) is 2.57. The van der Waals surface area contributed by atoms with E-state index in [1.165, 1.54) is 0 Å². The van der Waals surface area contributed by atoms with Gasteiger partial charge in [0, 0.05) is 55.4 Å². The van der Waals surface area contributed by atoms with Crippen molar-refractivity contribution in [1.29, 1.82) is 0 Å². The highest BCUT2D eigenvalue weighted by molar-refractivity contribution is 5.94. The molecule has 3 N–H and O–H groups in total. The SMILES string of the molecule is CN(C[C@@]1(O)CCCN(c2ccnc3ccncc23)C1)C(=O)c1cccc(OCCCN)c1. The first-order valence-corrected chi connectivity index (χ1v) is 11.3. The fourth-order valence-corrected chi connectivity index (χ4v) is 4.42. The second-order valence-corrected chi connectivity index (χ2v) is 8.65. The van der Waals surface area contributed by atoms with Crippen LogP contribution in [0.1, 0.15) is 29.6 Å². The zero-order valence-electron chi connectivity index (χ0n) is 19.0. The number of hydrogen-bond donors (Lipinski definition) is 2. The standard InChI is InChI=1S/C25H31N5O3/c1-29(24(31)19-5-2-6-20(15-19)33-14-4-10-26)17-25(32)9-3-13-30(18-25)23-8-12-28-22-7-11-27-16-21(22)23/h2,5-8,11-12,15-16,32H,3-4,9-10,13-14,17-18,26H2,1H3/t25-/m0/s1. The fourth-order valence-electron chi connectivity index (χ4n) is 4.42. The Hall–Kier alpha value is -3.23. The van der Waals surface area contributed by atoms with Crippen molar-refractivity contribution in [3.8, 4) is 5.75 Å². The minimum atomic E-state index is -1.02. The number of piperidine rings is 1. The first-order chi connectivity index (χ1) is 16.0. The molecule has 4 rings (SSSR count). The molecule has 174 valence electrons. The number of benzene rings is 1. The van der Waals surface area contributed by atoms with Crippen LogP contribution in [-0.2, 0) is 0 Å². The zero-order chi connectivity index (χ0) is 23.3. The average Bonchev–Trinajstić information content (AvgIpc) is 2.83. The van der Waals surface area contributed by atoms with Crippen LogP contribution < -0.4 is 15.4 Å².